The zero-order chi connectivity index (χ0) is 18.8. The van der Waals surface area contributed by atoms with Crippen LogP contribution in [0.25, 0.3) is 21.8 Å². The normalized spacial score (nSPS) is 16.0. The van der Waals surface area contributed by atoms with Crippen LogP contribution in [0.4, 0.5) is 0 Å². The van der Waals surface area contributed by atoms with Crippen molar-refractivity contribution in [1.29, 1.82) is 0 Å². The van der Waals surface area contributed by atoms with Crippen LogP contribution >= 0.6 is 0 Å². The predicted octanol–water partition coefficient (Wildman–Crippen LogP) is 4.10. The number of hydrogen-bond donors (Lipinski definition) is 0. The minimum absolute atomic E-state index is 0.924. The number of aromatic nitrogens is 2. The molecule has 1 fully saturated rings. The maximum atomic E-state index is 4.82. The molecular weight excluding hydrogens is 344 g/mol. The first-order valence-corrected chi connectivity index (χ1v) is 9.97. The summed E-state index contributed by atoms with van der Waals surface area (Å²) in [6.07, 6.45) is 0. The molecule has 0 radical (unpaired) electrons. The Balaban J connectivity index is 1.19. The first-order chi connectivity index (χ1) is 13.8. The first kappa shape index (κ1) is 17.3. The quantitative estimate of drug-likeness (QED) is 0.543. The topological polar surface area (TPSA) is 32.3 Å². The van der Waals surface area contributed by atoms with Gasteiger partial charge in [-0.1, -0.05) is 48.5 Å². The van der Waals surface area contributed by atoms with Crippen molar-refractivity contribution in [2.75, 3.05) is 26.2 Å². The van der Waals surface area contributed by atoms with Gasteiger partial charge in [-0.2, -0.15) is 0 Å². The van der Waals surface area contributed by atoms with Crippen LogP contribution in [0.1, 0.15) is 11.4 Å². The fourth-order valence-corrected chi connectivity index (χ4v) is 3.96. The van der Waals surface area contributed by atoms with Gasteiger partial charge in [-0.3, -0.25) is 19.8 Å². The molecule has 2 aromatic heterocycles. The van der Waals surface area contributed by atoms with E-state index >= 15 is 0 Å². The Kier molecular flexibility index (Phi) is 4.73. The Labute approximate surface area is 165 Å². The van der Waals surface area contributed by atoms with Crippen LogP contribution in [0.3, 0.4) is 0 Å². The van der Waals surface area contributed by atoms with E-state index in [0.717, 1.165) is 61.7 Å². The molecule has 0 saturated carbocycles. The van der Waals surface area contributed by atoms with Crippen LogP contribution in [0.2, 0.25) is 0 Å². The van der Waals surface area contributed by atoms with Gasteiger partial charge in [0.1, 0.15) is 0 Å². The third-order valence-corrected chi connectivity index (χ3v) is 5.55. The molecule has 0 aliphatic carbocycles. The van der Waals surface area contributed by atoms with E-state index < -0.39 is 0 Å². The summed E-state index contributed by atoms with van der Waals surface area (Å²) in [5.74, 6) is 0. The summed E-state index contributed by atoms with van der Waals surface area (Å²) in [6.45, 7) is 6.13. The van der Waals surface area contributed by atoms with Crippen molar-refractivity contribution in [2.24, 2.45) is 0 Å². The second kappa shape index (κ2) is 7.66. The van der Waals surface area contributed by atoms with Crippen LogP contribution in [0.5, 0.6) is 0 Å². The van der Waals surface area contributed by atoms with Crippen molar-refractivity contribution in [3.8, 4) is 0 Å². The largest absolute Gasteiger partial charge is 0.295 e. The maximum Gasteiger partial charge on any atom is 0.0705 e. The molecule has 4 heteroatoms. The fraction of sp³-hybridized carbons (Fsp3) is 0.250. The lowest BCUT2D eigenvalue weighted by Gasteiger charge is -2.34. The molecular formula is C24H24N4. The zero-order valence-electron chi connectivity index (χ0n) is 16.0. The third kappa shape index (κ3) is 3.75. The molecule has 0 spiro atoms. The van der Waals surface area contributed by atoms with E-state index in [1.54, 1.807) is 0 Å². The monoisotopic (exact) mass is 368 g/mol. The molecule has 1 aliphatic rings. The van der Waals surface area contributed by atoms with Crippen LogP contribution < -0.4 is 0 Å². The number of fused-ring (bicyclic) bond motifs is 2. The first-order valence-electron chi connectivity index (χ1n) is 9.97. The van der Waals surface area contributed by atoms with Crippen LogP contribution in [0, 0.1) is 0 Å². The molecule has 5 rings (SSSR count). The number of benzene rings is 2. The summed E-state index contributed by atoms with van der Waals surface area (Å²) in [4.78, 5) is 14.6. The van der Waals surface area contributed by atoms with Crippen LogP contribution in [-0.2, 0) is 13.1 Å². The van der Waals surface area contributed by atoms with Gasteiger partial charge in [-0.15, -0.1) is 0 Å². The molecule has 2 aromatic carbocycles. The average Bonchev–Trinajstić information content (AvgIpc) is 2.75. The molecule has 4 nitrogen and oxygen atoms in total. The van der Waals surface area contributed by atoms with Crippen molar-refractivity contribution in [3.05, 3.63) is 84.2 Å². The van der Waals surface area contributed by atoms with Gasteiger partial charge in [0.2, 0.25) is 0 Å². The van der Waals surface area contributed by atoms with Crippen molar-refractivity contribution in [3.63, 3.8) is 0 Å². The Morgan fingerprint density at radius 1 is 0.536 bits per heavy atom. The highest BCUT2D eigenvalue weighted by molar-refractivity contribution is 5.79. The molecule has 1 aliphatic heterocycles. The van der Waals surface area contributed by atoms with Crippen molar-refractivity contribution in [2.45, 2.75) is 13.1 Å². The lowest BCUT2D eigenvalue weighted by Crippen LogP contribution is -2.45. The van der Waals surface area contributed by atoms with E-state index in [0.29, 0.717) is 0 Å². The van der Waals surface area contributed by atoms with E-state index in [2.05, 4.69) is 82.6 Å². The second-order valence-electron chi connectivity index (χ2n) is 7.54. The molecule has 0 N–H and O–H groups in total. The van der Waals surface area contributed by atoms with Crippen molar-refractivity contribution >= 4 is 21.8 Å². The lowest BCUT2D eigenvalue weighted by atomic mass is 10.2. The number of para-hydroxylation sites is 2. The zero-order valence-corrected chi connectivity index (χ0v) is 16.0. The predicted molar refractivity (Wildman–Crippen MR) is 114 cm³/mol. The summed E-state index contributed by atoms with van der Waals surface area (Å²) in [7, 11) is 0. The Morgan fingerprint density at radius 3 is 1.43 bits per heavy atom. The number of piperazine rings is 1. The number of nitrogens with zero attached hydrogens (tertiary/aromatic N) is 4. The number of hydrogen-bond acceptors (Lipinski definition) is 4. The van der Waals surface area contributed by atoms with Gasteiger partial charge in [0.25, 0.3) is 0 Å². The minimum atomic E-state index is 0.924. The van der Waals surface area contributed by atoms with E-state index in [4.69, 9.17) is 9.97 Å². The van der Waals surface area contributed by atoms with E-state index in [9.17, 15) is 0 Å². The average molecular weight is 368 g/mol. The highest BCUT2D eigenvalue weighted by atomic mass is 15.3. The SMILES string of the molecule is c1ccc2nc(CN3CCN(Cc4ccc5ccccc5n4)CC3)ccc2c1. The molecule has 140 valence electrons. The maximum absolute atomic E-state index is 4.82. The second-order valence-corrected chi connectivity index (χ2v) is 7.54. The lowest BCUT2D eigenvalue weighted by molar-refractivity contribution is 0.120. The molecule has 3 heterocycles. The van der Waals surface area contributed by atoms with Crippen LogP contribution in [-0.4, -0.2) is 45.9 Å². The Morgan fingerprint density at radius 2 is 0.964 bits per heavy atom. The molecule has 1 saturated heterocycles. The van der Waals surface area contributed by atoms with E-state index in [1.807, 2.05) is 0 Å². The molecule has 0 amide bonds. The van der Waals surface area contributed by atoms with Crippen LogP contribution in [0.15, 0.2) is 72.8 Å². The number of pyridine rings is 2. The van der Waals surface area contributed by atoms with E-state index in [-0.39, 0.29) is 0 Å². The van der Waals surface area contributed by atoms with Crippen molar-refractivity contribution in [1.82, 2.24) is 19.8 Å². The molecule has 0 unspecified atom stereocenters. The minimum Gasteiger partial charge on any atom is -0.295 e. The smallest absolute Gasteiger partial charge is 0.0705 e. The standard InChI is InChI=1S/C24H24N4/c1-3-7-23-19(5-1)9-11-21(25-23)17-27-13-15-28(16-14-27)18-22-12-10-20-6-2-4-8-24(20)26-22/h1-12H,13-18H2. The third-order valence-electron chi connectivity index (χ3n) is 5.55. The summed E-state index contributed by atoms with van der Waals surface area (Å²) in [5.41, 5.74) is 4.48. The van der Waals surface area contributed by atoms with Gasteiger partial charge in [0, 0.05) is 50.0 Å². The molecule has 28 heavy (non-hydrogen) atoms. The van der Waals surface area contributed by atoms with E-state index in [1.165, 1.54) is 10.8 Å². The molecule has 0 atom stereocenters. The summed E-state index contributed by atoms with van der Waals surface area (Å²) in [5, 5.41) is 2.41. The van der Waals surface area contributed by atoms with Gasteiger partial charge in [-0.05, 0) is 24.3 Å². The van der Waals surface area contributed by atoms with Gasteiger partial charge in [0.15, 0.2) is 0 Å². The van der Waals surface area contributed by atoms with Gasteiger partial charge >= 0.3 is 0 Å². The highest BCUT2D eigenvalue weighted by Gasteiger charge is 2.18. The number of rotatable bonds is 4. The highest BCUT2D eigenvalue weighted by Crippen LogP contribution is 2.16. The summed E-state index contributed by atoms with van der Waals surface area (Å²) in [6, 6.07) is 25.3. The summed E-state index contributed by atoms with van der Waals surface area (Å²) >= 11 is 0. The molecule has 0 bridgehead atoms. The fourth-order valence-electron chi connectivity index (χ4n) is 3.96. The Hall–Kier alpha value is -2.82. The molecule has 4 aromatic rings. The summed E-state index contributed by atoms with van der Waals surface area (Å²) < 4.78 is 0. The van der Waals surface area contributed by atoms with Gasteiger partial charge in [-0.25, -0.2) is 0 Å². The van der Waals surface area contributed by atoms with Gasteiger partial charge in [0.05, 0.1) is 22.4 Å². The van der Waals surface area contributed by atoms with Gasteiger partial charge < -0.3 is 0 Å². The van der Waals surface area contributed by atoms with Crippen molar-refractivity contribution < 1.29 is 0 Å². The Bertz CT molecular complexity index is 1010.